The van der Waals surface area contributed by atoms with E-state index < -0.39 is 53.7 Å². The molecule has 2 aromatic heterocycles. The van der Waals surface area contributed by atoms with Gasteiger partial charge in [-0.25, -0.2) is 18.2 Å². The minimum atomic E-state index is -4.86. The first kappa shape index (κ1) is 29.7. The summed E-state index contributed by atoms with van der Waals surface area (Å²) in [5.74, 6) is -4.67. The lowest BCUT2D eigenvalue weighted by Crippen LogP contribution is -2.42. The number of anilines is 1. The molecule has 3 N–H and O–H groups in total. The van der Waals surface area contributed by atoms with E-state index in [0.717, 1.165) is 12.1 Å². The van der Waals surface area contributed by atoms with E-state index in [1.54, 1.807) is 12.1 Å². The van der Waals surface area contributed by atoms with Crippen molar-refractivity contribution in [2.45, 2.75) is 31.5 Å². The van der Waals surface area contributed by atoms with Crippen LogP contribution in [0.1, 0.15) is 40.1 Å². The molecule has 1 fully saturated rings. The molecule has 2 aromatic carbocycles. The molecule has 0 radical (unpaired) electrons. The summed E-state index contributed by atoms with van der Waals surface area (Å²) >= 11 is 0. The Morgan fingerprint density at radius 1 is 1.07 bits per heavy atom. The van der Waals surface area contributed by atoms with Crippen LogP contribution in [0.4, 0.5) is 32.2 Å². The number of pyridine rings is 1. The number of amides is 2. The Hall–Kier alpha value is -4.81. The number of nitrogens with two attached hydrogens (primary N) is 1. The third kappa shape index (κ3) is 6.82. The Kier molecular flexibility index (Phi) is 7.91. The Bertz CT molecular complexity index is 1700. The molecule has 43 heavy (non-hydrogen) atoms. The molecule has 0 unspecified atom stereocenters. The number of nitrogens with one attached hydrogen (secondary N) is 1. The van der Waals surface area contributed by atoms with Crippen LogP contribution in [0.15, 0.2) is 65.2 Å². The van der Waals surface area contributed by atoms with Crippen molar-refractivity contribution in [3.05, 3.63) is 89.1 Å². The highest BCUT2D eigenvalue weighted by atomic mass is 19.4. The molecule has 1 saturated heterocycles. The van der Waals surface area contributed by atoms with E-state index in [4.69, 9.17) is 10.2 Å². The van der Waals surface area contributed by atoms with Gasteiger partial charge in [-0.15, -0.1) is 0 Å². The monoisotopic (exact) mass is 602 g/mol. The minimum absolute atomic E-state index is 0.0198. The SMILES string of the molecule is Nc1ccc(C=CC(=O)NCc2cc3cc(-c4ccc(C(=O)N5CCC(F)(F)CC5)cc4F)cc(C(F)(F)F)c3o2)cn1. The highest BCUT2D eigenvalue weighted by Crippen LogP contribution is 2.40. The highest BCUT2D eigenvalue weighted by Gasteiger charge is 2.37. The number of alkyl halides is 5. The molecule has 2 amide bonds. The van der Waals surface area contributed by atoms with Crippen LogP contribution in [-0.2, 0) is 17.5 Å². The molecule has 4 aromatic rings. The van der Waals surface area contributed by atoms with E-state index in [1.165, 1.54) is 47.5 Å². The van der Waals surface area contributed by atoms with Gasteiger partial charge >= 0.3 is 6.18 Å². The molecule has 0 bridgehead atoms. The van der Waals surface area contributed by atoms with Gasteiger partial charge in [-0.1, -0.05) is 6.07 Å². The summed E-state index contributed by atoms with van der Waals surface area (Å²) in [5.41, 5.74) is 4.06. The lowest BCUT2D eigenvalue weighted by atomic mass is 9.98. The first-order valence-electron chi connectivity index (χ1n) is 13.1. The maximum Gasteiger partial charge on any atom is 0.420 e. The molecule has 1 aliphatic heterocycles. The number of furan rings is 1. The van der Waals surface area contributed by atoms with E-state index in [0.29, 0.717) is 11.4 Å². The van der Waals surface area contributed by atoms with Gasteiger partial charge in [0.2, 0.25) is 5.91 Å². The van der Waals surface area contributed by atoms with Crippen LogP contribution in [-0.4, -0.2) is 40.7 Å². The number of rotatable bonds is 6. The molecule has 3 heterocycles. The third-order valence-electron chi connectivity index (χ3n) is 6.96. The molecule has 1 aliphatic rings. The number of carbonyl (C=O) groups is 2. The van der Waals surface area contributed by atoms with Crippen LogP contribution >= 0.6 is 0 Å². The zero-order valence-corrected chi connectivity index (χ0v) is 22.4. The van der Waals surface area contributed by atoms with E-state index >= 15 is 4.39 Å². The third-order valence-corrected chi connectivity index (χ3v) is 6.96. The Balaban J connectivity index is 1.36. The molecule has 0 atom stereocenters. The Labute approximate surface area is 241 Å². The van der Waals surface area contributed by atoms with Gasteiger partial charge in [0.1, 0.15) is 23.0 Å². The van der Waals surface area contributed by atoms with Crippen LogP contribution in [0.3, 0.4) is 0 Å². The van der Waals surface area contributed by atoms with Gasteiger partial charge in [-0.2, -0.15) is 13.2 Å². The number of nitrogen functional groups attached to an aromatic ring is 1. The number of nitrogens with zero attached hydrogens (tertiary/aromatic N) is 2. The van der Waals surface area contributed by atoms with Crippen molar-refractivity contribution in [1.82, 2.24) is 15.2 Å². The number of aromatic nitrogens is 1. The van der Waals surface area contributed by atoms with Crippen molar-refractivity contribution in [3.63, 3.8) is 0 Å². The van der Waals surface area contributed by atoms with Gasteiger partial charge < -0.3 is 20.4 Å². The number of hydrogen-bond donors (Lipinski definition) is 2. The first-order valence-corrected chi connectivity index (χ1v) is 13.1. The fourth-order valence-corrected chi connectivity index (χ4v) is 4.68. The Morgan fingerprint density at radius 2 is 1.81 bits per heavy atom. The predicted octanol–water partition coefficient (Wildman–Crippen LogP) is 6.44. The normalized spacial score (nSPS) is 15.3. The predicted molar refractivity (Wildman–Crippen MR) is 146 cm³/mol. The Morgan fingerprint density at radius 3 is 2.47 bits per heavy atom. The van der Waals surface area contributed by atoms with Gasteiger partial charge in [-0.3, -0.25) is 9.59 Å². The van der Waals surface area contributed by atoms with E-state index in [2.05, 4.69) is 10.3 Å². The molecule has 13 heteroatoms. The molecule has 0 saturated carbocycles. The second-order valence-electron chi connectivity index (χ2n) is 10.1. The van der Waals surface area contributed by atoms with Crippen LogP contribution in [0.25, 0.3) is 28.2 Å². The zero-order chi connectivity index (χ0) is 30.9. The summed E-state index contributed by atoms with van der Waals surface area (Å²) in [6, 6.07) is 9.86. The summed E-state index contributed by atoms with van der Waals surface area (Å²) in [4.78, 5) is 30.0. The standard InChI is InChI=1S/C30H24F6N4O3/c31-24-14-18(28(42)40-9-7-29(32,33)8-10-40)3-4-22(24)19-11-20-12-21(43-27(20)23(13-19)30(34,35)36)16-39-26(41)6-2-17-1-5-25(37)38-15-17/h1-6,11-15H,7-10,16H2,(H2,37,38)(H,39,41). The number of piperidine rings is 1. The minimum Gasteiger partial charge on any atom is -0.459 e. The zero-order valence-electron chi connectivity index (χ0n) is 22.4. The van der Waals surface area contributed by atoms with Crippen LogP contribution in [0, 0.1) is 5.82 Å². The molecular formula is C30H24F6N4O3. The van der Waals surface area contributed by atoms with Gasteiger partial charge in [0, 0.05) is 54.7 Å². The molecule has 224 valence electrons. The topological polar surface area (TPSA) is 101 Å². The van der Waals surface area contributed by atoms with Crippen molar-refractivity contribution >= 4 is 34.7 Å². The number of carbonyl (C=O) groups excluding carboxylic acids is 2. The van der Waals surface area contributed by atoms with E-state index in [-0.39, 0.29) is 47.5 Å². The second-order valence-corrected chi connectivity index (χ2v) is 10.1. The average molecular weight is 603 g/mol. The van der Waals surface area contributed by atoms with Gasteiger partial charge in [0.25, 0.3) is 11.8 Å². The number of hydrogen-bond acceptors (Lipinski definition) is 5. The van der Waals surface area contributed by atoms with Crippen LogP contribution in [0.5, 0.6) is 0 Å². The molecule has 0 aliphatic carbocycles. The summed E-state index contributed by atoms with van der Waals surface area (Å²) in [7, 11) is 0. The van der Waals surface area contributed by atoms with Crippen molar-refractivity contribution in [3.8, 4) is 11.1 Å². The maximum absolute atomic E-state index is 15.2. The number of halogens is 6. The van der Waals surface area contributed by atoms with Crippen LogP contribution in [0.2, 0.25) is 0 Å². The number of benzene rings is 2. The summed E-state index contributed by atoms with van der Waals surface area (Å²) < 4.78 is 89.5. The smallest absolute Gasteiger partial charge is 0.420 e. The number of fused-ring (bicyclic) bond motifs is 1. The average Bonchev–Trinajstić information content (AvgIpc) is 3.37. The second kappa shape index (κ2) is 11.5. The molecule has 0 spiro atoms. The molecule has 5 rings (SSSR count). The largest absolute Gasteiger partial charge is 0.459 e. The van der Waals surface area contributed by atoms with Gasteiger partial charge in [0.05, 0.1) is 12.1 Å². The van der Waals surface area contributed by atoms with E-state index in [1.807, 2.05) is 0 Å². The lowest BCUT2D eigenvalue weighted by molar-refractivity contribution is -0.136. The first-order chi connectivity index (χ1) is 20.3. The van der Waals surface area contributed by atoms with Gasteiger partial charge in [-0.05, 0) is 59.7 Å². The van der Waals surface area contributed by atoms with Crippen molar-refractivity contribution in [1.29, 1.82) is 0 Å². The quantitative estimate of drug-likeness (QED) is 0.196. The fourth-order valence-electron chi connectivity index (χ4n) is 4.68. The summed E-state index contributed by atoms with van der Waals surface area (Å²) in [5, 5.41) is 2.54. The van der Waals surface area contributed by atoms with Crippen molar-refractivity contribution in [2.75, 3.05) is 18.8 Å². The molecular weight excluding hydrogens is 578 g/mol. The summed E-state index contributed by atoms with van der Waals surface area (Å²) in [6.45, 7) is -0.612. The highest BCUT2D eigenvalue weighted by molar-refractivity contribution is 5.95. The lowest BCUT2D eigenvalue weighted by Gasteiger charge is -2.31. The fraction of sp³-hybridized carbons (Fsp3) is 0.233. The summed E-state index contributed by atoms with van der Waals surface area (Å²) in [6.07, 6.45) is -1.71. The maximum atomic E-state index is 15.2. The van der Waals surface area contributed by atoms with Crippen molar-refractivity contribution < 1.29 is 40.3 Å². The number of likely N-dealkylation sites (tertiary alicyclic amines) is 1. The molecule has 7 nitrogen and oxygen atoms in total. The van der Waals surface area contributed by atoms with E-state index in [9.17, 15) is 31.5 Å². The van der Waals surface area contributed by atoms with Crippen molar-refractivity contribution in [2.24, 2.45) is 0 Å². The van der Waals surface area contributed by atoms with Gasteiger partial charge in [0.15, 0.2) is 0 Å². The van der Waals surface area contributed by atoms with Crippen LogP contribution < -0.4 is 11.1 Å².